The Kier molecular flexibility index (Phi) is 5.71. The molecule has 0 saturated heterocycles. The Morgan fingerprint density at radius 1 is 1.33 bits per heavy atom. The summed E-state index contributed by atoms with van der Waals surface area (Å²) in [6, 6.07) is 6.59. The highest BCUT2D eigenvalue weighted by molar-refractivity contribution is 7.99. The largest absolute Gasteiger partial charge is 0.391 e. The van der Waals surface area contributed by atoms with Crippen LogP contribution in [0.25, 0.3) is 0 Å². The van der Waals surface area contributed by atoms with Crippen LogP contribution in [0.3, 0.4) is 0 Å². The van der Waals surface area contributed by atoms with Gasteiger partial charge in [0.05, 0.1) is 6.10 Å². The first kappa shape index (κ1) is 15.1. The second-order valence-electron chi connectivity index (χ2n) is 5.15. The zero-order valence-corrected chi connectivity index (χ0v) is 11.9. The van der Waals surface area contributed by atoms with Gasteiger partial charge >= 0.3 is 0 Å². The third kappa shape index (κ3) is 6.09. The first-order chi connectivity index (χ1) is 8.38. The van der Waals surface area contributed by atoms with E-state index in [0.717, 1.165) is 0 Å². The van der Waals surface area contributed by atoms with Crippen molar-refractivity contribution in [3.05, 3.63) is 30.1 Å². The third-order valence-corrected chi connectivity index (χ3v) is 3.26. The molecule has 1 rings (SSSR count). The van der Waals surface area contributed by atoms with E-state index in [-0.39, 0.29) is 11.2 Å². The number of halogens is 1. The van der Waals surface area contributed by atoms with Crippen molar-refractivity contribution in [2.75, 3.05) is 5.75 Å². The Labute approximate surface area is 113 Å². The van der Waals surface area contributed by atoms with Gasteiger partial charge in [0.15, 0.2) is 0 Å². The fourth-order valence-electron chi connectivity index (χ4n) is 1.24. The fraction of sp³-hybridized carbons (Fsp3) is 0.467. The molecule has 0 heterocycles. The predicted octanol–water partition coefficient (Wildman–Crippen LogP) is 3.72. The molecule has 1 nitrogen and oxygen atoms in total. The van der Waals surface area contributed by atoms with Crippen LogP contribution in [-0.2, 0) is 0 Å². The van der Waals surface area contributed by atoms with E-state index in [1.807, 2.05) is 20.8 Å². The number of hydrogen-bond donors (Lipinski definition) is 1. The van der Waals surface area contributed by atoms with Crippen LogP contribution in [0.1, 0.15) is 27.2 Å². The summed E-state index contributed by atoms with van der Waals surface area (Å²) in [6.45, 7) is 6.08. The molecule has 0 spiro atoms. The predicted molar refractivity (Wildman–Crippen MR) is 75.0 cm³/mol. The molecule has 0 radical (unpaired) electrons. The molecule has 1 aromatic rings. The van der Waals surface area contributed by atoms with Crippen LogP contribution in [0.15, 0.2) is 29.2 Å². The van der Waals surface area contributed by atoms with Gasteiger partial charge in [-0.3, -0.25) is 0 Å². The van der Waals surface area contributed by atoms with Crippen molar-refractivity contribution in [3.63, 3.8) is 0 Å². The highest BCUT2D eigenvalue weighted by atomic mass is 32.2. The van der Waals surface area contributed by atoms with Gasteiger partial charge in [0.2, 0.25) is 0 Å². The molecule has 0 aliphatic heterocycles. The van der Waals surface area contributed by atoms with Crippen molar-refractivity contribution in [2.45, 2.75) is 38.2 Å². The fourth-order valence-corrected chi connectivity index (χ4v) is 2.11. The first-order valence-electron chi connectivity index (χ1n) is 5.94. The van der Waals surface area contributed by atoms with Crippen LogP contribution in [0.2, 0.25) is 0 Å². The molecule has 0 amide bonds. The molecule has 0 aliphatic carbocycles. The number of benzene rings is 1. The molecule has 0 aliphatic rings. The summed E-state index contributed by atoms with van der Waals surface area (Å²) < 4.78 is 13.3. The lowest BCUT2D eigenvalue weighted by Gasteiger charge is -2.09. The normalized spacial score (nSPS) is 12.7. The Hall–Kier alpha value is -0.980. The van der Waals surface area contributed by atoms with Gasteiger partial charge in [-0.1, -0.05) is 18.1 Å². The molecule has 1 atom stereocenters. The van der Waals surface area contributed by atoms with Crippen LogP contribution >= 0.6 is 11.8 Å². The lowest BCUT2D eigenvalue weighted by Crippen LogP contribution is -2.09. The van der Waals surface area contributed by atoms with Gasteiger partial charge in [0, 0.05) is 22.5 Å². The van der Waals surface area contributed by atoms with Crippen molar-refractivity contribution in [1.29, 1.82) is 0 Å². The van der Waals surface area contributed by atoms with E-state index in [9.17, 15) is 9.50 Å². The molecular weight excluding hydrogens is 247 g/mol. The Bertz CT molecular complexity index is 440. The molecule has 0 fully saturated rings. The molecule has 98 valence electrons. The van der Waals surface area contributed by atoms with Crippen molar-refractivity contribution in [3.8, 4) is 11.8 Å². The topological polar surface area (TPSA) is 20.2 Å². The van der Waals surface area contributed by atoms with Gasteiger partial charge in [0.25, 0.3) is 0 Å². The minimum atomic E-state index is -0.524. The van der Waals surface area contributed by atoms with E-state index < -0.39 is 6.10 Å². The second-order valence-corrected chi connectivity index (χ2v) is 6.21. The van der Waals surface area contributed by atoms with Crippen molar-refractivity contribution < 1.29 is 9.50 Å². The summed E-state index contributed by atoms with van der Waals surface area (Å²) in [5, 5.41) is 9.75. The highest BCUT2D eigenvalue weighted by Gasteiger charge is 2.07. The van der Waals surface area contributed by atoms with Gasteiger partial charge in [0.1, 0.15) is 5.82 Å². The summed E-state index contributed by atoms with van der Waals surface area (Å²) in [5.74, 6) is 6.26. The quantitative estimate of drug-likeness (QED) is 0.662. The summed E-state index contributed by atoms with van der Waals surface area (Å²) in [5.41, 5.74) is -0.0433. The molecule has 1 aromatic carbocycles. The maximum Gasteiger partial charge on any atom is 0.136 e. The second kappa shape index (κ2) is 6.82. The average molecular weight is 266 g/mol. The maximum absolute atomic E-state index is 13.3. The molecule has 1 N–H and O–H groups in total. The molecule has 1 unspecified atom stereocenters. The van der Waals surface area contributed by atoms with Crippen LogP contribution in [-0.4, -0.2) is 17.0 Å². The van der Waals surface area contributed by atoms with Crippen molar-refractivity contribution >= 4 is 11.8 Å². The molecule has 0 aromatic heterocycles. The molecule has 0 saturated carbocycles. The number of aliphatic hydroxyl groups is 1. The van der Waals surface area contributed by atoms with Crippen molar-refractivity contribution in [2.24, 2.45) is 5.41 Å². The molecular formula is C15H19FOS. The minimum Gasteiger partial charge on any atom is -0.391 e. The van der Waals surface area contributed by atoms with E-state index in [2.05, 4.69) is 11.8 Å². The molecule has 18 heavy (non-hydrogen) atoms. The van der Waals surface area contributed by atoms with E-state index >= 15 is 0 Å². The number of aliphatic hydroxyl groups excluding tert-OH is 1. The van der Waals surface area contributed by atoms with Crippen LogP contribution in [0.5, 0.6) is 0 Å². The van der Waals surface area contributed by atoms with Crippen LogP contribution in [0.4, 0.5) is 4.39 Å². The SMILES string of the molecule is CC(C)(C)C#CCC(O)CSc1ccccc1F. The van der Waals surface area contributed by atoms with Gasteiger partial charge in [-0.2, -0.15) is 0 Å². The zero-order chi connectivity index (χ0) is 13.6. The standard InChI is InChI=1S/C15H19FOS/c1-15(2,3)10-6-7-12(17)11-18-14-9-5-4-8-13(14)16/h4-5,8-9,12,17H,7,11H2,1-3H3. The van der Waals surface area contributed by atoms with E-state index in [1.165, 1.54) is 17.8 Å². The Morgan fingerprint density at radius 3 is 2.61 bits per heavy atom. The Morgan fingerprint density at radius 2 is 2.00 bits per heavy atom. The van der Waals surface area contributed by atoms with E-state index in [1.54, 1.807) is 18.2 Å². The van der Waals surface area contributed by atoms with E-state index in [4.69, 9.17) is 0 Å². The smallest absolute Gasteiger partial charge is 0.136 e. The average Bonchev–Trinajstić information content (AvgIpc) is 2.26. The number of thioether (sulfide) groups is 1. The maximum atomic E-state index is 13.3. The summed E-state index contributed by atoms with van der Waals surface area (Å²) >= 11 is 1.32. The van der Waals surface area contributed by atoms with E-state index in [0.29, 0.717) is 17.1 Å². The van der Waals surface area contributed by atoms with Gasteiger partial charge in [-0.05, 0) is 32.9 Å². The monoisotopic (exact) mass is 266 g/mol. The van der Waals surface area contributed by atoms with Crippen molar-refractivity contribution in [1.82, 2.24) is 0 Å². The lowest BCUT2D eigenvalue weighted by atomic mass is 9.98. The first-order valence-corrected chi connectivity index (χ1v) is 6.92. The third-order valence-electron chi connectivity index (χ3n) is 2.07. The minimum absolute atomic E-state index is 0.0433. The molecule has 0 bridgehead atoms. The van der Waals surface area contributed by atoms with Gasteiger partial charge in [-0.25, -0.2) is 4.39 Å². The highest BCUT2D eigenvalue weighted by Crippen LogP contribution is 2.22. The van der Waals surface area contributed by atoms with Crippen LogP contribution < -0.4 is 0 Å². The van der Waals surface area contributed by atoms with Gasteiger partial charge in [-0.15, -0.1) is 17.7 Å². The Balaban J connectivity index is 2.40. The van der Waals surface area contributed by atoms with Gasteiger partial charge < -0.3 is 5.11 Å². The summed E-state index contributed by atoms with van der Waals surface area (Å²) in [4.78, 5) is 0.570. The number of hydrogen-bond acceptors (Lipinski definition) is 2. The lowest BCUT2D eigenvalue weighted by molar-refractivity contribution is 0.205. The van der Waals surface area contributed by atoms with Crippen LogP contribution in [0, 0.1) is 23.1 Å². The zero-order valence-electron chi connectivity index (χ0n) is 11.0. The number of rotatable bonds is 4. The molecule has 3 heteroatoms. The summed E-state index contributed by atoms with van der Waals surface area (Å²) in [7, 11) is 0. The summed E-state index contributed by atoms with van der Waals surface area (Å²) in [6.07, 6.45) is -0.0944.